The van der Waals surface area contributed by atoms with Crippen molar-refractivity contribution in [3.63, 3.8) is 0 Å². The van der Waals surface area contributed by atoms with Crippen molar-refractivity contribution in [3.8, 4) is 0 Å². The summed E-state index contributed by atoms with van der Waals surface area (Å²) in [5.74, 6) is -0.921. The molecule has 0 rings (SSSR count). The Labute approximate surface area is 71.2 Å². The van der Waals surface area contributed by atoms with Gasteiger partial charge in [0.15, 0.2) is 5.76 Å². The molecule has 0 atom stereocenters. The topological polar surface area (TPSA) is 9.23 Å². The summed E-state index contributed by atoms with van der Waals surface area (Å²) in [5, 5.41) is 0. The summed E-state index contributed by atoms with van der Waals surface area (Å²) in [6.45, 7) is 6.84. The van der Waals surface area contributed by atoms with Crippen LogP contribution in [0.3, 0.4) is 0 Å². The predicted octanol–water partition coefficient (Wildman–Crippen LogP) is 3.52. The first-order valence-corrected chi connectivity index (χ1v) is 3.88. The van der Waals surface area contributed by atoms with Crippen LogP contribution >= 0.6 is 0 Å². The SMILES string of the molecule is C/C=C(\OCC)C(F)(F)F.CC. The quantitative estimate of drug-likeness (QED) is 0.596. The van der Waals surface area contributed by atoms with Crippen LogP contribution in [-0.2, 0) is 4.74 Å². The van der Waals surface area contributed by atoms with Crippen LogP contribution in [0.2, 0.25) is 0 Å². The van der Waals surface area contributed by atoms with Gasteiger partial charge in [0.05, 0.1) is 6.61 Å². The van der Waals surface area contributed by atoms with Crippen LogP contribution in [0.5, 0.6) is 0 Å². The molecule has 0 spiro atoms. The molecule has 0 bridgehead atoms. The second-order valence-corrected chi connectivity index (χ2v) is 1.58. The molecular weight excluding hydrogens is 169 g/mol. The Morgan fingerprint density at radius 1 is 1.33 bits per heavy atom. The summed E-state index contributed by atoms with van der Waals surface area (Å²) >= 11 is 0. The van der Waals surface area contributed by atoms with Crippen molar-refractivity contribution in [2.75, 3.05) is 6.61 Å². The first-order chi connectivity index (χ1) is 5.52. The van der Waals surface area contributed by atoms with E-state index in [1.807, 2.05) is 13.8 Å². The van der Waals surface area contributed by atoms with E-state index in [2.05, 4.69) is 4.74 Å². The monoisotopic (exact) mass is 184 g/mol. The highest BCUT2D eigenvalue weighted by Crippen LogP contribution is 2.25. The Kier molecular flexibility index (Phi) is 8.11. The van der Waals surface area contributed by atoms with Crippen LogP contribution in [-0.4, -0.2) is 12.8 Å². The average molecular weight is 184 g/mol. The van der Waals surface area contributed by atoms with Crippen molar-refractivity contribution in [2.45, 2.75) is 33.9 Å². The maximum absolute atomic E-state index is 11.7. The molecule has 0 N–H and O–H groups in total. The third-order valence-electron chi connectivity index (χ3n) is 0.841. The third kappa shape index (κ3) is 6.07. The predicted molar refractivity (Wildman–Crippen MR) is 42.8 cm³/mol. The van der Waals surface area contributed by atoms with Crippen molar-refractivity contribution in [1.29, 1.82) is 0 Å². The molecule has 0 aliphatic carbocycles. The molecule has 0 fully saturated rings. The van der Waals surface area contributed by atoms with Crippen molar-refractivity contribution in [1.82, 2.24) is 0 Å². The molecule has 0 aliphatic heterocycles. The van der Waals surface area contributed by atoms with E-state index < -0.39 is 11.9 Å². The van der Waals surface area contributed by atoms with E-state index in [1.54, 1.807) is 0 Å². The third-order valence-corrected chi connectivity index (χ3v) is 0.841. The van der Waals surface area contributed by atoms with E-state index in [0.717, 1.165) is 6.08 Å². The molecule has 0 saturated heterocycles. The summed E-state index contributed by atoms with van der Waals surface area (Å²) in [5.41, 5.74) is 0. The van der Waals surface area contributed by atoms with Gasteiger partial charge in [-0.2, -0.15) is 13.2 Å². The van der Waals surface area contributed by atoms with E-state index in [1.165, 1.54) is 13.8 Å². The smallest absolute Gasteiger partial charge is 0.448 e. The van der Waals surface area contributed by atoms with Gasteiger partial charge in [-0.15, -0.1) is 0 Å². The van der Waals surface area contributed by atoms with Gasteiger partial charge in [0.25, 0.3) is 0 Å². The molecular formula is C8H15F3O. The number of allylic oxidation sites excluding steroid dienone is 2. The molecule has 0 aromatic carbocycles. The normalized spacial score (nSPS) is 11.8. The van der Waals surface area contributed by atoms with Gasteiger partial charge < -0.3 is 4.74 Å². The summed E-state index contributed by atoms with van der Waals surface area (Å²) in [4.78, 5) is 0. The number of hydrogen-bond acceptors (Lipinski definition) is 1. The summed E-state index contributed by atoms with van der Waals surface area (Å²) in [6.07, 6.45) is -3.44. The molecule has 4 heteroatoms. The summed E-state index contributed by atoms with van der Waals surface area (Å²) in [7, 11) is 0. The van der Waals surface area contributed by atoms with Crippen molar-refractivity contribution in [3.05, 3.63) is 11.8 Å². The fourth-order valence-electron chi connectivity index (χ4n) is 0.484. The molecule has 1 nitrogen and oxygen atoms in total. The molecule has 0 aliphatic rings. The summed E-state index contributed by atoms with van der Waals surface area (Å²) < 4.78 is 39.4. The Morgan fingerprint density at radius 3 is 1.83 bits per heavy atom. The van der Waals surface area contributed by atoms with Crippen LogP contribution in [0.4, 0.5) is 13.2 Å². The highest BCUT2D eigenvalue weighted by atomic mass is 19.4. The highest BCUT2D eigenvalue weighted by molar-refractivity contribution is 4.97. The lowest BCUT2D eigenvalue weighted by atomic mass is 10.4. The number of hydrogen-bond donors (Lipinski definition) is 0. The first-order valence-electron chi connectivity index (χ1n) is 3.88. The zero-order chi connectivity index (χ0) is 10.2. The molecule has 74 valence electrons. The fraction of sp³-hybridized carbons (Fsp3) is 0.750. The maximum Gasteiger partial charge on any atom is 0.448 e. The zero-order valence-electron chi connectivity index (χ0n) is 7.83. The second-order valence-electron chi connectivity index (χ2n) is 1.58. The molecule has 0 aromatic rings. The highest BCUT2D eigenvalue weighted by Gasteiger charge is 2.34. The van der Waals surface area contributed by atoms with Crippen molar-refractivity contribution in [2.24, 2.45) is 0 Å². The van der Waals surface area contributed by atoms with Crippen LogP contribution < -0.4 is 0 Å². The Hall–Kier alpha value is -0.670. The lowest BCUT2D eigenvalue weighted by Gasteiger charge is -2.10. The van der Waals surface area contributed by atoms with Crippen molar-refractivity contribution >= 4 is 0 Å². The molecule has 0 amide bonds. The largest absolute Gasteiger partial charge is 0.489 e. The number of ether oxygens (including phenoxy) is 1. The fourth-order valence-corrected chi connectivity index (χ4v) is 0.484. The molecule has 0 saturated carbocycles. The van der Waals surface area contributed by atoms with Crippen LogP contribution in [0.15, 0.2) is 11.8 Å². The number of halogens is 3. The first kappa shape index (κ1) is 13.9. The van der Waals surface area contributed by atoms with Gasteiger partial charge in [-0.3, -0.25) is 0 Å². The molecule has 12 heavy (non-hydrogen) atoms. The Bertz CT molecular complexity index is 127. The molecule has 0 aromatic heterocycles. The Morgan fingerprint density at radius 2 is 1.75 bits per heavy atom. The summed E-state index contributed by atoms with van der Waals surface area (Å²) in [6, 6.07) is 0. The standard InChI is InChI=1S/C6H9F3O.C2H6/c1-3-5(10-4-2)6(7,8)9;1-2/h3H,4H2,1-2H3;1-2H3/b5-3-;. The lowest BCUT2D eigenvalue weighted by molar-refractivity contribution is -0.130. The van der Waals surface area contributed by atoms with Gasteiger partial charge in [-0.05, 0) is 19.9 Å². The minimum Gasteiger partial charge on any atom is -0.489 e. The minimum absolute atomic E-state index is 0.0409. The van der Waals surface area contributed by atoms with Crippen LogP contribution in [0, 0.1) is 0 Å². The zero-order valence-corrected chi connectivity index (χ0v) is 7.83. The Balaban J connectivity index is 0. The maximum atomic E-state index is 11.7. The second kappa shape index (κ2) is 7.00. The van der Waals surface area contributed by atoms with Gasteiger partial charge in [0.2, 0.25) is 0 Å². The van der Waals surface area contributed by atoms with E-state index in [0.29, 0.717) is 0 Å². The lowest BCUT2D eigenvalue weighted by Crippen LogP contribution is -2.14. The van der Waals surface area contributed by atoms with Crippen LogP contribution in [0.1, 0.15) is 27.7 Å². The van der Waals surface area contributed by atoms with E-state index in [-0.39, 0.29) is 6.61 Å². The number of alkyl halides is 3. The van der Waals surface area contributed by atoms with Gasteiger partial charge in [-0.1, -0.05) is 13.8 Å². The molecule has 0 heterocycles. The molecule has 0 unspecified atom stereocenters. The van der Waals surface area contributed by atoms with E-state index in [4.69, 9.17) is 0 Å². The van der Waals surface area contributed by atoms with E-state index in [9.17, 15) is 13.2 Å². The molecule has 0 radical (unpaired) electrons. The van der Waals surface area contributed by atoms with Gasteiger partial charge in [-0.25, -0.2) is 0 Å². The average Bonchev–Trinajstić information content (AvgIpc) is 2.02. The van der Waals surface area contributed by atoms with Gasteiger partial charge >= 0.3 is 6.18 Å². The van der Waals surface area contributed by atoms with Gasteiger partial charge in [0, 0.05) is 0 Å². The minimum atomic E-state index is -4.34. The van der Waals surface area contributed by atoms with Gasteiger partial charge in [0.1, 0.15) is 0 Å². The van der Waals surface area contributed by atoms with E-state index >= 15 is 0 Å². The van der Waals surface area contributed by atoms with Crippen LogP contribution in [0.25, 0.3) is 0 Å². The van der Waals surface area contributed by atoms with Crippen molar-refractivity contribution < 1.29 is 17.9 Å². The number of rotatable bonds is 2.